The van der Waals surface area contributed by atoms with E-state index in [9.17, 15) is 0 Å². The monoisotopic (exact) mass is 778 g/mol. The molecule has 0 radical (unpaired) electrons. The zero-order chi connectivity index (χ0) is 40.8. The molecule has 2 aliphatic rings. The number of fused-ring (bicyclic) bond motifs is 15. The van der Waals surface area contributed by atoms with Crippen molar-refractivity contribution < 1.29 is 4.42 Å². The van der Waals surface area contributed by atoms with E-state index in [2.05, 4.69) is 210 Å². The number of benzene rings is 10. The molecule has 61 heavy (non-hydrogen) atoms. The van der Waals surface area contributed by atoms with Gasteiger partial charge in [0.25, 0.3) is 0 Å². The highest BCUT2D eigenvalue weighted by atomic mass is 16.3. The van der Waals surface area contributed by atoms with Gasteiger partial charge in [0.2, 0.25) is 0 Å². The topological polar surface area (TPSA) is 13.1 Å². The third-order valence-electron chi connectivity index (χ3n) is 14.4. The Balaban J connectivity index is 0.954. The van der Waals surface area contributed by atoms with E-state index in [0.717, 1.165) is 11.2 Å². The second-order valence-corrected chi connectivity index (χ2v) is 18.3. The molecule has 288 valence electrons. The third kappa shape index (κ3) is 4.61. The Morgan fingerprint density at radius 1 is 0.328 bits per heavy atom. The molecule has 11 aromatic rings. The Morgan fingerprint density at radius 2 is 0.803 bits per heavy atom. The third-order valence-corrected chi connectivity index (χ3v) is 14.4. The zero-order valence-electron chi connectivity index (χ0n) is 34.7. The molecule has 0 atom stereocenters. The highest BCUT2D eigenvalue weighted by Crippen LogP contribution is 2.57. The number of hydrogen-bond donors (Lipinski definition) is 0. The van der Waals surface area contributed by atoms with E-state index in [4.69, 9.17) is 4.42 Å². The van der Waals surface area contributed by atoms with Crippen molar-refractivity contribution in [2.75, 3.05) is 0 Å². The summed E-state index contributed by atoms with van der Waals surface area (Å²) in [7, 11) is 0. The Bertz CT molecular complexity index is 3630. The van der Waals surface area contributed by atoms with Gasteiger partial charge in [0, 0.05) is 27.2 Å². The van der Waals surface area contributed by atoms with Gasteiger partial charge in [-0.1, -0.05) is 185 Å². The minimum absolute atomic E-state index is 0.194. The molecular formula is C60H42O. The Labute approximate surface area is 355 Å². The molecule has 2 aliphatic carbocycles. The number of para-hydroxylation sites is 1. The number of furan rings is 1. The van der Waals surface area contributed by atoms with Crippen molar-refractivity contribution in [2.45, 2.75) is 38.5 Å². The summed E-state index contributed by atoms with van der Waals surface area (Å²) >= 11 is 0. The smallest absolute Gasteiger partial charge is 0.140 e. The van der Waals surface area contributed by atoms with Crippen molar-refractivity contribution >= 4 is 54.3 Å². The normalized spacial score (nSPS) is 14.5. The van der Waals surface area contributed by atoms with Crippen LogP contribution in [0.3, 0.4) is 0 Å². The summed E-state index contributed by atoms with van der Waals surface area (Å²) in [6, 6.07) is 67.8. The van der Waals surface area contributed by atoms with Gasteiger partial charge < -0.3 is 4.42 Å². The second kappa shape index (κ2) is 12.2. The lowest BCUT2D eigenvalue weighted by Crippen LogP contribution is -2.15. The van der Waals surface area contributed by atoms with Crippen molar-refractivity contribution in [3.63, 3.8) is 0 Å². The predicted molar refractivity (Wildman–Crippen MR) is 258 cm³/mol. The first-order valence-corrected chi connectivity index (χ1v) is 21.6. The van der Waals surface area contributed by atoms with Crippen LogP contribution in [-0.4, -0.2) is 0 Å². The number of hydrogen-bond acceptors (Lipinski definition) is 1. The molecule has 0 spiro atoms. The van der Waals surface area contributed by atoms with Crippen LogP contribution in [0.4, 0.5) is 0 Å². The van der Waals surface area contributed by atoms with E-state index < -0.39 is 0 Å². The summed E-state index contributed by atoms with van der Waals surface area (Å²) in [5, 5.41) is 10.1. The van der Waals surface area contributed by atoms with Crippen molar-refractivity contribution in [2.24, 2.45) is 0 Å². The van der Waals surface area contributed by atoms with E-state index in [1.54, 1.807) is 0 Å². The average Bonchev–Trinajstić information content (AvgIpc) is 3.88. The van der Waals surface area contributed by atoms with E-state index in [-0.39, 0.29) is 10.8 Å². The first-order chi connectivity index (χ1) is 29.8. The lowest BCUT2D eigenvalue weighted by molar-refractivity contribution is 0.620. The lowest BCUT2D eigenvalue weighted by Gasteiger charge is -2.24. The second-order valence-electron chi connectivity index (χ2n) is 18.3. The van der Waals surface area contributed by atoms with Gasteiger partial charge in [-0.2, -0.15) is 0 Å². The fourth-order valence-corrected chi connectivity index (χ4v) is 11.6. The molecule has 10 aromatic carbocycles. The molecule has 1 heterocycles. The summed E-state index contributed by atoms with van der Waals surface area (Å²) in [6.07, 6.45) is 0. The maximum Gasteiger partial charge on any atom is 0.140 e. The molecule has 1 nitrogen and oxygen atoms in total. The van der Waals surface area contributed by atoms with Crippen LogP contribution in [0.5, 0.6) is 0 Å². The van der Waals surface area contributed by atoms with Crippen LogP contribution in [0.25, 0.3) is 110 Å². The van der Waals surface area contributed by atoms with Crippen LogP contribution >= 0.6 is 0 Å². The fourth-order valence-electron chi connectivity index (χ4n) is 11.6. The predicted octanol–water partition coefficient (Wildman–Crippen LogP) is 16.7. The Morgan fingerprint density at radius 3 is 1.44 bits per heavy atom. The van der Waals surface area contributed by atoms with Crippen molar-refractivity contribution in [1.29, 1.82) is 0 Å². The van der Waals surface area contributed by atoms with E-state index in [1.165, 1.54) is 121 Å². The molecule has 0 N–H and O–H groups in total. The highest BCUT2D eigenvalue weighted by Gasteiger charge is 2.41. The van der Waals surface area contributed by atoms with Crippen LogP contribution in [0.2, 0.25) is 0 Å². The molecule has 0 amide bonds. The van der Waals surface area contributed by atoms with Gasteiger partial charge in [-0.25, -0.2) is 0 Å². The molecule has 0 saturated carbocycles. The van der Waals surface area contributed by atoms with Crippen LogP contribution in [0.1, 0.15) is 49.9 Å². The molecule has 1 aromatic heterocycles. The molecule has 0 aliphatic heterocycles. The van der Waals surface area contributed by atoms with Crippen LogP contribution in [0, 0.1) is 0 Å². The van der Waals surface area contributed by atoms with Gasteiger partial charge >= 0.3 is 0 Å². The number of rotatable bonds is 3. The summed E-state index contributed by atoms with van der Waals surface area (Å²) < 4.78 is 6.79. The Kier molecular flexibility index (Phi) is 6.91. The molecule has 1 heteroatoms. The van der Waals surface area contributed by atoms with Gasteiger partial charge in [-0.3, -0.25) is 0 Å². The standard InChI is InChI=1S/C60H42O/c1-59(2)50-33-37(36-28-31-49-48(32-36)55-45-22-12-13-23-46(45)56-47-24-14-15-25-52(47)61-58(56)57(55)60(49,3)4)26-29-39(50)40-30-27-38(34-51(40)59)54-43-20-10-8-18-41(43)53(35-16-6-5-7-17-35)42-19-9-11-21-44(42)54/h5-34H,1-4H3. The van der Waals surface area contributed by atoms with Gasteiger partial charge in [0.15, 0.2) is 0 Å². The molecule has 0 unspecified atom stereocenters. The van der Waals surface area contributed by atoms with Crippen LogP contribution in [0.15, 0.2) is 186 Å². The SMILES string of the molecule is CC1(C)c2cc(-c3ccc4c(c3)-c3c(c5oc6ccccc6c5c5ccccc35)C4(C)C)ccc2-c2ccc(-c3c4ccccc4c(-c4ccccc4)c4ccccc34)cc21. The molecule has 0 saturated heterocycles. The Hall–Kier alpha value is -7.22. The van der Waals surface area contributed by atoms with Crippen molar-refractivity contribution in [3.8, 4) is 55.6 Å². The van der Waals surface area contributed by atoms with E-state index >= 15 is 0 Å². The maximum atomic E-state index is 6.79. The first-order valence-electron chi connectivity index (χ1n) is 21.6. The van der Waals surface area contributed by atoms with Crippen LogP contribution < -0.4 is 0 Å². The van der Waals surface area contributed by atoms with E-state index in [0.29, 0.717) is 0 Å². The summed E-state index contributed by atoms with van der Waals surface area (Å²) in [6.45, 7) is 9.55. The summed E-state index contributed by atoms with van der Waals surface area (Å²) in [4.78, 5) is 0. The van der Waals surface area contributed by atoms with Crippen molar-refractivity contribution in [3.05, 3.63) is 204 Å². The minimum atomic E-state index is -0.225. The largest absolute Gasteiger partial charge is 0.456 e. The van der Waals surface area contributed by atoms with Crippen molar-refractivity contribution in [1.82, 2.24) is 0 Å². The summed E-state index contributed by atoms with van der Waals surface area (Å²) in [5.41, 5.74) is 19.8. The maximum absolute atomic E-state index is 6.79. The zero-order valence-corrected chi connectivity index (χ0v) is 34.7. The van der Waals surface area contributed by atoms with Gasteiger partial charge in [0.1, 0.15) is 11.2 Å². The average molecular weight is 779 g/mol. The minimum Gasteiger partial charge on any atom is -0.456 e. The van der Waals surface area contributed by atoms with Crippen LogP contribution in [-0.2, 0) is 10.8 Å². The molecule has 0 bridgehead atoms. The van der Waals surface area contributed by atoms with E-state index in [1.807, 2.05) is 0 Å². The quantitative estimate of drug-likeness (QED) is 0.163. The van der Waals surface area contributed by atoms with Gasteiger partial charge in [0.05, 0.1) is 0 Å². The summed E-state index contributed by atoms with van der Waals surface area (Å²) in [5.74, 6) is 0. The first kappa shape index (κ1) is 34.6. The lowest BCUT2D eigenvalue weighted by atomic mass is 9.79. The fraction of sp³-hybridized carbons (Fsp3) is 0.100. The molecule has 13 rings (SSSR count). The highest BCUT2D eigenvalue weighted by molar-refractivity contribution is 6.25. The molecule has 0 fully saturated rings. The van der Waals surface area contributed by atoms with Gasteiger partial charge in [-0.05, 0) is 129 Å². The molecular weight excluding hydrogens is 737 g/mol. The van der Waals surface area contributed by atoms with Gasteiger partial charge in [-0.15, -0.1) is 0 Å².